The highest BCUT2D eigenvalue weighted by molar-refractivity contribution is 7.46. The SMILES string of the molecule is Nc1ncnc2c1ncn2[C@@H]1O[C@H](COP(=O)(O)O)[C@@H](O)[C@H]1O.O=c1ccn([C@@H]2O[C@H](COP(=O)(O)O)[C@@H](O)[C@H]2O)c(=O)[nH]1. The van der Waals surface area contributed by atoms with Gasteiger partial charge in [-0.1, -0.05) is 0 Å². The Hall–Kier alpha value is -2.99. The molecule has 2 saturated heterocycles. The molecule has 5 rings (SSSR count). The number of aliphatic hydroxyl groups excluding tert-OH is 4. The third kappa shape index (κ3) is 7.80. The largest absolute Gasteiger partial charge is 0.469 e. The standard InChI is InChI=1S/C10H14N5O7P.C9H13N2O9P/c11-8-5-9(13-2-12-8)15(3-14-5)10-7(17)6(16)4(22-10)1-21-23(18,19)20;12-5-1-2-11(9(15)10-5)8-7(14)6(13)4(20-8)3-19-21(16,17)18/h2-4,6-7,10,16-17H,1H2,(H2,11,12,13)(H2,18,19,20);1-2,4,6-8,13-14H,3H2,(H,10,12,15)(H2,16,17,18)/t4-,6-,7-,10-;4-,6-,7-,8-/m11/s1. The van der Waals surface area contributed by atoms with Crippen LogP contribution in [0.15, 0.2) is 34.5 Å². The maximum absolute atomic E-state index is 11.6. The minimum atomic E-state index is -4.76. The summed E-state index contributed by atoms with van der Waals surface area (Å²) in [7, 11) is -9.48. The first-order chi connectivity index (χ1) is 20.5. The van der Waals surface area contributed by atoms with Gasteiger partial charge in [-0.25, -0.2) is 28.9 Å². The van der Waals surface area contributed by atoms with Crippen molar-refractivity contribution in [1.82, 2.24) is 29.1 Å². The average molecular weight is 671 g/mol. The van der Waals surface area contributed by atoms with Crippen LogP contribution in [0.1, 0.15) is 12.5 Å². The Morgan fingerprint density at radius 3 is 1.86 bits per heavy atom. The first kappa shape index (κ1) is 33.9. The fraction of sp³-hybridized carbons (Fsp3) is 0.526. The lowest BCUT2D eigenvalue weighted by atomic mass is 10.1. The molecule has 244 valence electrons. The van der Waals surface area contributed by atoms with Crippen LogP contribution in [0.4, 0.5) is 5.82 Å². The van der Waals surface area contributed by atoms with Gasteiger partial charge in [0.25, 0.3) is 5.56 Å². The number of aliphatic hydroxyl groups is 4. The number of anilines is 1. The summed E-state index contributed by atoms with van der Waals surface area (Å²) in [6.45, 7) is -1.28. The summed E-state index contributed by atoms with van der Waals surface area (Å²) in [6, 6.07) is 1.02. The molecule has 5 heterocycles. The molecule has 0 saturated carbocycles. The van der Waals surface area contributed by atoms with Crippen LogP contribution in [0.5, 0.6) is 0 Å². The van der Waals surface area contributed by atoms with Crippen molar-refractivity contribution in [1.29, 1.82) is 0 Å². The smallest absolute Gasteiger partial charge is 0.387 e. The molecule has 3 aromatic rings. The molecule has 0 aliphatic carbocycles. The van der Waals surface area contributed by atoms with E-state index in [4.69, 9.17) is 34.8 Å². The van der Waals surface area contributed by atoms with Crippen molar-refractivity contribution in [2.45, 2.75) is 49.1 Å². The molecular weight excluding hydrogens is 644 g/mol. The number of rotatable bonds is 8. The molecule has 23 nitrogen and oxygen atoms in total. The molecule has 0 aromatic carbocycles. The third-order valence-corrected chi connectivity index (χ3v) is 7.25. The van der Waals surface area contributed by atoms with E-state index in [0.717, 1.165) is 16.8 Å². The molecule has 25 heteroatoms. The maximum atomic E-state index is 11.6. The second-order valence-electron chi connectivity index (χ2n) is 9.27. The molecule has 0 unspecified atom stereocenters. The molecule has 44 heavy (non-hydrogen) atoms. The number of hydrogen-bond acceptors (Lipinski definition) is 16. The van der Waals surface area contributed by atoms with Gasteiger partial charge in [0.05, 0.1) is 19.5 Å². The molecule has 0 radical (unpaired) electrons. The van der Waals surface area contributed by atoms with E-state index < -0.39 is 89.2 Å². The van der Waals surface area contributed by atoms with Crippen molar-refractivity contribution in [2.75, 3.05) is 18.9 Å². The number of imidazole rings is 1. The number of hydrogen-bond donors (Lipinski definition) is 10. The van der Waals surface area contributed by atoms with Gasteiger partial charge < -0.3 is 55.2 Å². The predicted octanol–water partition coefficient (Wildman–Crippen LogP) is -4.60. The van der Waals surface area contributed by atoms with E-state index in [1.165, 1.54) is 17.2 Å². The van der Waals surface area contributed by atoms with Crippen LogP contribution in [0.2, 0.25) is 0 Å². The van der Waals surface area contributed by atoms with Crippen LogP contribution in [-0.4, -0.2) is 119 Å². The molecule has 0 bridgehead atoms. The van der Waals surface area contributed by atoms with Gasteiger partial charge in [-0.15, -0.1) is 0 Å². The number of nitrogens with one attached hydrogen (secondary N) is 1. The summed E-state index contributed by atoms with van der Waals surface area (Å²) in [5, 5.41) is 39.6. The summed E-state index contributed by atoms with van der Waals surface area (Å²) in [5.41, 5.74) is 4.74. The van der Waals surface area contributed by atoms with Crippen molar-refractivity contribution < 1.29 is 67.7 Å². The van der Waals surface area contributed by atoms with Gasteiger partial charge in [-0.3, -0.25) is 28.0 Å². The topological polar surface area (TPSA) is 357 Å². The van der Waals surface area contributed by atoms with Crippen molar-refractivity contribution in [3.63, 3.8) is 0 Å². The Morgan fingerprint density at radius 2 is 1.36 bits per heavy atom. The molecule has 2 fully saturated rings. The number of nitrogen functional groups attached to an aromatic ring is 1. The number of nitrogens with zero attached hydrogens (tertiary/aromatic N) is 5. The fourth-order valence-corrected chi connectivity index (χ4v) is 4.90. The number of H-pyrrole nitrogens is 1. The number of fused-ring (bicyclic) bond motifs is 1. The van der Waals surface area contributed by atoms with Crippen molar-refractivity contribution >= 4 is 32.6 Å². The van der Waals surface area contributed by atoms with Crippen LogP contribution in [0.25, 0.3) is 11.2 Å². The number of phosphoric acid groups is 2. The second-order valence-corrected chi connectivity index (χ2v) is 11.7. The number of ether oxygens (including phenoxy) is 2. The zero-order chi connectivity index (χ0) is 32.6. The van der Waals surface area contributed by atoms with E-state index in [1.807, 2.05) is 4.98 Å². The third-order valence-electron chi connectivity index (χ3n) is 6.27. The normalized spacial score (nSPS) is 29.1. The summed E-state index contributed by atoms with van der Waals surface area (Å²) in [5.74, 6) is 0.142. The molecule has 8 atom stereocenters. The predicted molar refractivity (Wildman–Crippen MR) is 139 cm³/mol. The monoisotopic (exact) mass is 671 g/mol. The molecule has 0 spiro atoms. The second kappa shape index (κ2) is 13.2. The lowest BCUT2D eigenvalue weighted by Gasteiger charge is -2.16. The van der Waals surface area contributed by atoms with E-state index >= 15 is 0 Å². The van der Waals surface area contributed by atoms with Gasteiger partial charge >= 0.3 is 21.3 Å². The van der Waals surface area contributed by atoms with Crippen LogP contribution in [-0.2, 0) is 27.7 Å². The number of nitrogens with two attached hydrogens (primary N) is 1. The lowest BCUT2D eigenvalue weighted by molar-refractivity contribution is -0.0543. The fourth-order valence-electron chi connectivity index (χ4n) is 4.22. The summed E-state index contributed by atoms with van der Waals surface area (Å²) in [6.07, 6.45) is -7.07. The summed E-state index contributed by atoms with van der Waals surface area (Å²) in [4.78, 5) is 70.8. The number of aromatic amines is 1. The highest BCUT2D eigenvalue weighted by atomic mass is 31.2. The van der Waals surface area contributed by atoms with Crippen molar-refractivity contribution in [3.8, 4) is 0 Å². The van der Waals surface area contributed by atoms with Gasteiger partial charge in [0.15, 0.2) is 23.9 Å². The van der Waals surface area contributed by atoms with E-state index in [0.29, 0.717) is 5.52 Å². The van der Waals surface area contributed by atoms with Crippen LogP contribution in [0, 0.1) is 0 Å². The van der Waals surface area contributed by atoms with Crippen LogP contribution < -0.4 is 17.0 Å². The van der Waals surface area contributed by atoms with E-state index in [2.05, 4.69) is 24.0 Å². The molecule has 0 amide bonds. The van der Waals surface area contributed by atoms with Crippen molar-refractivity contribution in [3.05, 3.63) is 45.8 Å². The number of aromatic nitrogens is 6. The summed E-state index contributed by atoms with van der Waals surface area (Å²) >= 11 is 0. The lowest BCUT2D eigenvalue weighted by Crippen LogP contribution is -2.37. The Balaban J connectivity index is 0.000000202. The Kier molecular flexibility index (Phi) is 10.1. The molecule has 2 aliphatic rings. The summed E-state index contributed by atoms with van der Waals surface area (Å²) < 4.78 is 42.6. The zero-order valence-electron chi connectivity index (χ0n) is 21.9. The van der Waals surface area contributed by atoms with Gasteiger partial charge in [0, 0.05) is 12.3 Å². The van der Waals surface area contributed by atoms with Crippen LogP contribution >= 0.6 is 15.6 Å². The average Bonchev–Trinajstić information content (AvgIpc) is 3.57. The highest BCUT2D eigenvalue weighted by Gasteiger charge is 2.46. The van der Waals surface area contributed by atoms with E-state index in [-0.39, 0.29) is 11.5 Å². The quantitative estimate of drug-likeness (QED) is 0.101. The molecule has 11 N–H and O–H groups in total. The molecule has 2 aliphatic heterocycles. The zero-order valence-corrected chi connectivity index (χ0v) is 23.7. The molecular formula is C19H27N7O16P2. The van der Waals surface area contributed by atoms with E-state index in [1.54, 1.807) is 0 Å². The first-order valence-electron chi connectivity index (χ1n) is 12.1. The molecule has 3 aromatic heterocycles. The Labute approximate surface area is 243 Å². The Bertz CT molecular complexity index is 1670. The maximum Gasteiger partial charge on any atom is 0.469 e. The van der Waals surface area contributed by atoms with Gasteiger partial charge in [0.2, 0.25) is 0 Å². The van der Waals surface area contributed by atoms with Gasteiger partial charge in [0.1, 0.15) is 48.5 Å². The minimum Gasteiger partial charge on any atom is -0.387 e. The Morgan fingerprint density at radius 1 is 0.841 bits per heavy atom. The van der Waals surface area contributed by atoms with Crippen molar-refractivity contribution in [2.24, 2.45) is 0 Å². The van der Waals surface area contributed by atoms with E-state index in [9.17, 15) is 39.1 Å². The number of phosphoric ester groups is 2. The first-order valence-corrected chi connectivity index (χ1v) is 15.2. The van der Waals surface area contributed by atoms with Gasteiger partial charge in [-0.05, 0) is 0 Å². The minimum absolute atomic E-state index is 0.142. The highest BCUT2D eigenvalue weighted by Crippen LogP contribution is 2.39. The van der Waals surface area contributed by atoms with Gasteiger partial charge in [-0.2, -0.15) is 0 Å². The van der Waals surface area contributed by atoms with Crippen LogP contribution in [0.3, 0.4) is 0 Å².